The van der Waals surface area contributed by atoms with Gasteiger partial charge in [0.05, 0.1) is 25.7 Å². The molecule has 1 amide bonds. The summed E-state index contributed by atoms with van der Waals surface area (Å²) >= 11 is 24.4. The quantitative estimate of drug-likeness (QED) is 0.470. The zero-order valence-corrected chi connectivity index (χ0v) is 16.6. The van der Waals surface area contributed by atoms with Crippen LogP contribution in [0.4, 0.5) is 11.4 Å². The Morgan fingerprint density at radius 1 is 1.12 bits per heavy atom. The SMILES string of the molecule is Cc1c(Cl)c(C)c(Cl)c(OCC(=O)Nc2cc([N+](=O)[O-])ccc2Cl)c1Cl. The number of nitrogens with one attached hydrogen (secondary N) is 1. The van der Waals surface area contributed by atoms with Crippen LogP contribution >= 0.6 is 46.4 Å². The van der Waals surface area contributed by atoms with E-state index in [4.69, 9.17) is 51.1 Å². The molecule has 0 aromatic heterocycles. The van der Waals surface area contributed by atoms with Crippen LogP contribution in [0, 0.1) is 24.0 Å². The Balaban J connectivity index is 2.16. The third-order valence-electron chi connectivity index (χ3n) is 3.50. The highest BCUT2D eigenvalue weighted by molar-refractivity contribution is 6.42. The highest BCUT2D eigenvalue weighted by Gasteiger charge is 2.19. The molecule has 138 valence electrons. The Morgan fingerprint density at radius 3 is 2.23 bits per heavy atom. The van der Waals surface area contributed by atoms with E-state index in [9.17, 15) is 14.9 Å². The summed E-state index contributed by atoms with van der Waals surface area (Å²) in [5.41, 5.74) is 1.04. The highest BCUT2D eigenvalue weighted by Crippen LogP contribution is 2.42. The van der Waals surface area contributed by atoms with Gasteiger partial charge in [0.2, 0.25) is 0 Å². The second-order valence-corrected chi connectivity index (χ2v) is 6.82. The van der Waals surface area contributed by atoms with Crippen molar-refractivity contribution in [2.24, 2.45) is 0 Å². The molecular weight excluding hydrogens is 426 g/mol. The number of amides is 1. The topological polar surface area (TPSA) is 81.5 Å². The van der Waals surface area contributed by atoms with Gasteiger partial charge in [-0.2, -0.15) is 0 Å². The number of nitro benzene ring substituents is 1. The lowest BCUT2D eigenvalue weighted by atomic mass is 10.1. The average Bonchev–Trinajstić information content (AvgIpc) is 2.60. The molecule has 0 spiro atoms. The molecule has 0 saturated carbocycles. The standard InChI is InChI=1S/C16H12Cl4N2O4/c1-7-13(18)8(2)15(20)16(14(7)19)26-6-12(23)21-11-5-9(22(24)25)3-4-10(11)17/h3-5H,6H2,1-2H3,(H,21,23). The number of halogens is 4. The Kier molecular flexibility index (Phi) is 6.58. The molecular formula is C16H12Cl4N2O4. The zero-order chi connectivity index (χ0) is 19.6. The van der Waals surface area contributed by atoms with Gasteiger partial charge in [-0.25, -0.2) is 0 Å². The average molecular weight is 438 g/mol. The number of nitro groups is 1. The van der Waals surface area contributed by atoms with Crippen LogP contribution in [0.1, 0.15) is 11.1 Å². The molecule has 0 aliphatic carbocycles. The summed E-state index contributed by atoms with van der Waals surface area (Å²) in [6.45, 7) is 2.96. The molecule has 0 aliphatic heterocycles. The summed E-state index contributed by atoms with van der Waals surface area (Å²) in [4.78, 5) is 22.3. The third kappa shape index (κ3) is 4.32. The van der Waals surface area contributed by atoms with Gasteiger partial charge in [0.1, 0.15) is 0 Å². The first kappa shape index (κ1) is 20.6. The van der Waals surface area contributed by atoms with Gasteiger partial charge in [0.15, 0.2) is 12.4 Å². The first-order chi connectivity index (χ1) is 12.1. The summed E-state index contributed by atoms with van der Waals surface area (Å²) in [6.07, 6.45) is 0. The van der Waals surface area contributed by atoms with E-state index in [0.29, 0.717) is 16.1 Å². The fourth-order valence-electron chi connectivity index (χ4n) is 2.08. The lowest BCUT2D eigenvalue weighted by Gasteiger charge is -2.15. The summed E-state index contributed by atoms with van der Waals surface area (Å²) in [7, 11) is 0. The maximum atomic E-state index is 12.1. The van der Waals surface area contributed by atoms with Crippen molar-refractivity contribution < 1.29 is 14.5 Å². The van der Waals surface area contributed by atoms with Gasteiger partial charge in [-0.3, -0.25) is 14.9 Å². The molecule has 0 radical (unpaired) electrons. The predicted molar refractivity (Wildman–Crippen MR) is 103 cm³/mol. The van der Waals surface area contributed by atoms with Crippen LogP contribution in [0.5, 0.6) is 5.75 Å². The van der Waals surface area contributed by atoms with Crippen LogP contribution in [-0.2, 0) is 4.79 Å². The number of ether oxygens (including phenoxy) is 1. The van der Waals surface area contributed by atoms with E-state index < -0.39 is 17.4 Å². The second-order valence-electron chi connectivity index (χ2n) is 5.28. The van der Waals surface area contributed by atoms with Crippen molar-refractivity contribution >= 4 is 63.7 Å². The number of non-ortho nitro benzene ring substituents is 1. The lowest BCUT2D eigenvalue weighted by molar-refractivity contribution is -0.384. The van der Waals surface area contributed by atoms with Crippen molar-refractivity contribution in [1.82, 2.24) is 0 Å². The molecule has 2 aromatic carbocycles. The number of nitrogens with zero attached hydrogens (tertiary/aromatic N) is 1. The Bertz CT molecular complexity index is 873. The molecule has 0 bridgehead atoms. The van der Waals surface area contributed by atoms with Gasteiger partial charge >= 0.3 is 0 Å². The van der Waals surface area contributed by atoms with E-state index >= 15 is 0 Å². The fraction of sp³-hybridized carbons (Fsp3) is 0.188. The summed E-state index contributed by atoms with van der Waals surface area (Å²) in [5.74, 6) is -0.460. The monoisotopic (exact) mass is 436 g/mol. The molecule has 6 nitrogen and oxygen atoms in total. The van der Waals surface area contributed by atoms with Crippen LogP contribution < -0.4 is 10.1 Å². The van der Waals surface area contributed by atoms with E-state index in [-0.39, 0.29) is 32.2 Å². The van der Waals surface area contributed by atoms with Crippen LogP contribution in [0.15, 0.2) is 18.2 Å². The number of hydrogen-bond acceptors (Lipinski definition) is 4. The van der Waals surface area contributed by atoms with Crippen molar-refractivity contribution in [1.29, 1.82) is 0 Å². The van der Waals surface area contributed by atoms with E-state index in [1.165, 1.54) is 12.1 Å². The molecule has 0 aliphatic rings. The largest absolute Gasteiger partial charge is 0.481 e. The van der Waals surface area contributed by atoms with Gasteiger partial charge < -0.3 is 10.1 Å². The van der Waals surface area contributed by atoms with Crippen molar-refractivity contribution in [2.45, 2.75) is 13.8 Å². The fourth-order valence-corrected chi connectivity index (χ4v) is 3.07. The molecule has 1 N–H and O–H groups in total. The Hall–Kier alpha value is -1.73. The van der Waals surface area contributed by atoms with E-state index in [1.807, 2.05) is 0 Å². The van der Waals surface area contributed by atoms with Crippen LogP contribution in [-0.4, -0.2) is 17.4 Å². The summed E-state index contributed by atoms with van der Waals surface area (Å²) < 4.78 is 5.42. The van der Waals surface area contributed by atoms with E-state index in [1.54, 1.807) is 13.8 Å². The maximum absolute atomic E-state index is 12.1. The van der Waals surface area contributed by atoms with Gasteiger partial charge in [0.25, 0.3) is 11.6 Å². The van der Waals surface area contributed by atoms with E-state index in [0.717, 1.165) is 6.07 Å². The molecule has 26 heavy (non-hydrogen) atoms. The van der Waals surface area contributed by atoms with Crippen LogP contribution in [0.25, 0.3) is 0 Å². The smallest absolute Gasteiger partial charge is 0.271 e. The minimum atomic E-state index is -0.596. The molecule has 0 saturated heterocycles. The second kappa shape index (κ2) is 8.31. The normalized spacial score (nSPS) is 10.5. The zero-order valence-electron chi connectivity index (χ0n) is 13.5. The summed E-state index contributed by atoms with van der Waals surface area (Å²) in [6, 6.07) is 3.69. The molecule has 10 heteroatoms. The molecule has 0 fully saturated rings. The van der Waals surface area contributed by atoms with Gasteiger partial charge in [-0.15, -0.1) is 0 Å². The first-order valence-electron chi connectivity index (χ1n) is 7.13. The maximum Gasteiger partial charge on any atom is 0.271 e. The molecule has 0 heterocycles. The van der Waals surface area contributed by atoms with Gasteiger partial charge in [-0.1, -0.05) is 46.4 Å². The van der Waals surface area contributed by atoms with Crippen LogP contribution in [0.2, 0.25) is 20.1 Å². The molecule has 0 atom stereocenters. The molecule has 0 unspecified atom stereocenters. The minimum absolute atomic E-state index is 0.0927. The van der Waals surface area contributed by atoms with Gasteiger partial charge in [0, 0.05) is 17.2 Å². The van der Waals surface area contributed by atoms with Crippen molar-refractivity contribution in [3.05, 3.63) is 59.5 Å². The number of carbonyl (C=O) groups excluding carboxylic acids is 1. The Morgan fingerprint density at radius 2 is 1.69 bits per heavy atom. The van der Waals surface area contributed by atoms with Gasteiger partial charge in [-0.05, 0) is 31.0 Å². The van der Waals surface area contributed by atoms with Crippen LogP contribution in [0.3, 0.4) is 0 Å². The number of anilines is 1. The number of hydrogen-bond donors (Lipinski definition) is 1. The molecule has 2 aromatic rings. The first-order valence-corrected chi connectivity index (χ1v) is 8.65. The van der Waals surface area contributed by atoms with Crippen molar-refractivity contribution in [3.8, 4) is 5.75 Å². The summed E-state index contributed by atoms with van der Waals surface area (Å²) in [5, 5.41) is 14.2. The van der Waals surface area contributed by atoms with Crippen molar-refractivity contribution in [2.75, 3.05) is 11.9 Å². The highest BCUT2D eigenvalue weighted by atomic mass is 35.5. The molecule has 2 rings (SSSR count). The van der Waals surface area contributed by atoms with E-state index in [2.05, 4.69) is 5.32 Å². The predicted octanol–water partition coefficient (Wildman–Crippen LogP) is 5.84. The lowest BCUT2D eigenvalue weighted by Crippen LogP contribution is -2.20. The Labute approximate surface area is 169 Å². The number of rotatable bonds is 5. The third-order valence-corrected chi connectivity index (χ3v) is 5.30. The number of carbonyl (C=O) groups is 1. The minimum Gasteiger partial charge on any atom is -0.481 e. The number of benzene rings is 2. The van der Waals surface area contributed by atoms with Crippen molar-refractivity contribution in [3.63, 3.8) is 0 Å².